The van der Waals surface area contributed by atoms with E-state index >= 15 is 0 Å². The molecule has 96 valence electrons. The Morgan fingerprint density at radius 3 is 2.68 bits per heavy atom. The molecule has 0 saturated carbocycles. The van der Waals surface area contributed by atoms with Crippen LogP contribution < -0.4 is 0 Å². The number of aromatic amines is 1. The molecule has 2 rings (SSSR count). The van der Waals surface area contributed by atoms with E-state index in [0.29, 0.717) is 16.7 Å². The molecule has 0 radical (unpaired) electrons. The highest BCUT2D eigenvalue weighted by Crippen LogP contribution is 2.29. The number of H-pyrrole nitrogens is 1. The van der Waals surface area contributed by atoms with E-state index in [1.54, 1.807) is 18.2 Å². The van der Waals surface area contributed by atoms with Gasteiger partial charge < -0.3 is 4.74 Å². The third-order valence-corrected chi connectivity index (χ3v) is 2.96. The molecule has 0 fully saturated rings. The second kappa shape index (κ2) is 4.94. The van der Waals surface area contributed by atoms with Crippen molar-refractivity contribution in [2.24, 2.45) is 0 Å². The number of nitrogens with zero attached hydrogens (tertiary/aromatic N) is 2. The van der Waals surface area contributed by atoms with Crippen molar-refractivity contribution in [3.63, 3.8) is 0 Å². The molecule has 0 aliphatic carbocycles. The van der Waals surface area contributed by atoms with Crippen LogP contribution in [-0.4, -0.2) is 23.3 Å². The number of ether oxygens (including phenoxy) is 1. The average molecular weight is 255 g/mol. The summed E-state index contributed by atoms with van der Waals surface area (Å²) in [5.41, 5.74) is 4.10. The van der Waals surface area contributed by atoms with Crippen molar-refractivity contribution in [3.8, 4) is 17.2 Å². The van der Waals surface area contributed by atoms with Gasteiger partial charge in [0.05, 0.1) is 30.0 Å². The number of hydrogen-bond donors (Lipinski definition) is 1. The van der Waals surface area contributed by atoms with Gasteiger partial charge in [0.2, 0.25) is 0 Å². The number of aryl methyl sites for hydroxylation is 2. The lowest BCUT2D eigenvalue weighted by molar-refractivity contribution is 0.0601. The van der Waals surface area contributed by atoms with Gasteiger partial charge >= 0.3 is 5.97 Å². The number of nitrogens with one attached hydrogen (secondary N) is 1. The molecule has 1 aromatic carbocycles. The fraction of sp³-hybridized carbons (Fsp3) is 0.214. The Kier molecular flexibility index (Phi) is 3.34. The Morgan fingerprint density at radius 1 is 1.42 bits per heavy atom. The first-order valence-electron chi connectivity index (χ1n) is 5.73. The van der Waals surface area contributed by atoms with E-state index in [-0.39, 0.29) is 0 Å². The molecule has 5 nitrogen and oxygen atoms in total. The highest BCUT2D eigenvalue weighted by atomic mass is 16.5. The maximum absolute atomic E-state index is 11.6. The van der Waals surface area contributed by atoms with Gasteiger partial charge in [-0.2, -0.15) is 10.4 Å². The van der Waals surface area contributed by atoms with Crippen LogP contribution in [0.15, 0.2) is 18.2 Å². The number of rotatable bonds is 2. The van der Waals surface area contributed by atoms with Gasteiger partial charge in [-0.05, 0) is 32.0 Å². The summed E-state index contributed by atoms with van der Waals surface area (Å²) in [5, 5.41) is 16.2. The lowest BCUT2D eigenvalue weighted by atomic mass is 9.96. The molecule has 0 spiro atoms. The molecule has 0 aliphatic rings. The second-order valence-electron chi connectivity index (χ2n) is 4.17. The maximum Gasteiger partial charge on any atom is 0.337 e. The Morgan fingerprint density at radius 2 is 2.16 bits per heavy atom. The monoisotopic (exact) mass is 255 g/mol. The van der Waals surface area contributed by atoms with Gasteiger partial charge in [-0.1, -0.05) is 0 Å². The Labute approximate surface area is 110 Å². The van der Waals surface area contributed by atoms with Crippen LogP contribution in [0.2, 0.25) is 0 Å². The van der Waals surface area contributed by atoms with Gasteiger partial charge in [0, 0.05) is 16.8 Å². The first kappa shape index (κ1) is 12.8. The number of nitriles is 1. The van der Waals surface area contributed by atoms with Crippen molar-refractivity contribution >= 4 is 5.97 Å². The van der Waals surface area contributed by atoms with Crippen LogP contribution in [0.5, 0.6) is 0 Å². The number of carbonyl (C=O) groups excluding carboxylic acids is 1. The summed E-state index contributed by atoms with van der Waals surface area (Å²) in [6.07, 6.45) is 0. The number of esters is 1. The van der Waals surface area contributed by atoms with E-state index in [1.165, 1.54) is 7.11 Å². The van der Waals surface area contributed by atoms with Crippen molar-refractivity contribution in [1.82, 2.24) is 10.2 Å². The Bertz CT molecular complexity index is 661. The van der Waals surface area contributed by atoms with Crippen molar-refractivity contribution in [2.75, 3.05) is 7.11 Å². The number of aromatic nitrogens is 2. The largest absolute Gasteiger partial charge is 0.465 e. The summed E-state index contributed by atoms with van der Waals surface area (Å²) in [7, 11) is 1.33. The minimum absolute atomic E-state index is 0.413. The van der Waals surface area contributed by atoms with Crippen molar-refractivity contribution in [1.29, 1.82) is 5.26 Å². The van der Waals surface area contributed by atoms with Crippen molar-refractivity contribution < 1.29 is 9.53 Å². The lowest BCUT2D eigenvalue weighted by Crippen LogP contribution is -2.02. The van der Waals surface area contributed by atoms with E-state index < -0.39 is 5.97 Å². The summed E-state index contributed by atoms with van der Waals surface area (Å²) in [5.74, 6) is -0.426. The highest BCUT2D eigenvalue weighted by molar-refractivity contribution is 5.92. The summed E-state index contributed by atoms with van der Waals surface area (Å²) in [6, 6.07) is 6.99. The zero-order chi connectivity index (χ0) is 14.0. The first-order chi connectivity index (χ1) is 9.08. The second-order valence-corrected chi connectivity index (χ2v) is 4.17. The molecule has 19 heavy (non-hydrogen) atoms. The normalized spacial score (nSPS) is 10.0. The number of methoxy groups -OCH3 is 1. The predicted octanol–water partition coefficient (Wildman–Crippen LogP) is 2.35. The third kappa shape index (κ3) is 2.20. The van der Waals surface area contributed by atoms with Crippen LogP contribution in [-0.2, 0) is 4.74 Å². The maximum atomic E-state index is 11.6. The van der Waals surface area contributed by atoms with E-state index in [0.717, 1.165) is 17.0 Å². The molecule has 0 unspecified atom stereocenters. The van der Waals surface area contributed by atoms with Crippen molar-refractivity contribution in [2.45, 2.75) is 13.8 Å². The first-order valence-corrected chi connectivity index (χ1v) is 5.73. The third-order valence-electron chi connectivity index (χ3n) is 2.96. The van der Waals surface area contributed by atoms with E-state index in [4.69, 9.17) is 4.74 Å². The predicted molar refractivity (Wildman–Crippen MR) is 69.6 cm³/mol. The van der Waals surface area contributed by atoms with Crippen LogP contribution in [0.4, 0.5) is 0 Å². The fourth-order valence-electron chi connectivity index (χ4n) is 2.04. The molecule has 0 bridgehead atoms. The lowest BCUT2D eigenvalue weighted by Gasteiger charge is -2.07. The molecule has 0 aliphatic heterocycles. The summed E-state index contributed by atoms with van der Waals surface area (Å²) in [6.45, 7) is 3.73. The highest BCUT2D eigenvalue weighted by Gasteiger charge is 2.16. The van der Waals surface area contributed by atoms with E-state index in [9.17, 15) is 10.1 Å². The zero-order valence-corrected chi connectivity index (χ0v) is 10.9. The minimum Gasteiger partial charge on any atom is -0.465 e. The van der Waals surface area contributed by atoms with E-state index in [1.807, 2.05) is 13.8 Å². The molecule has 1 N–H and O–H groups in total. The number of carbonyl (C=O) groups is 1. The topological polar surface area (TPSA) is 78.8 Å². The minimum atomic E-state index is -0.426. The average Bonchev–Trinajstić information content (AvgIpc) is 2.76. The zero-order valence-electron chi connectivity index (χ0n) is 10.9. The van der Waals surface area contributed by atoms with Crippen LogP contribution in [0.25, 0.3) is 11.1 Å². The molecule has 1 heterocycles. The molecule has 2 aromatic rings. The van der Waals surface area contributed by atoms with Crippen LogP contribution in [0, 0.1) is 25.2 Å². The molecule has 1 aromatic heterocycles. The van der Waals surface area contributed by atoms with Gasteiger partial charge in [0.25, 0.3) is 0 Å². The van der Waals surface area contributed by atoms with Gasteiger partial charge in [-0.15, -0.1) is 0 Å². The SMILES string of the molecule is COC(=O)c1ccc(C#N)c(-c2c(C)n[nH]c2C)c1. The fourth-order valence-corrected chi connectivity index (χ4v) is 2.04. The number of hydrogen-bond acceptors (Lipinski definition) is 4. The molecular weight excluding hydrogens is 242 g/mol. The Hall–Kier alpha value is -2.61. The number of benzene rings is 1. The van der Waals surface area contributed by atoms with Gasteiger partial charge in [0.15, 0.2) is 0 Å². The summed E-state index contributed by atoms with van der Waals surface area (Å²) < 4.78 is 4.70. The van der Waals surface area contributed by atoms with Crippen LogP contribution >= 0.6 is 0 Å². The smallest absolute Gasteiger partial charge is 0.337 e. The van der Waals surface area contributed by atoms with E-state index in [2.05, 4.69) is 16.3 Å². The summed E-state index contributed by atoms with van der Waals surface area (Å²) in [4.78, 5) is 11.6. The summed E-state index contributed by atoms with van der Waals surface area (Å²) >= 11 is 0. The van der Waals surface area contributed by atoms with Gasteiger partial charge in [-0.25, -0.2) is 4.79 Å². The Balaban J connectivity index is 2.68. The van der Waals surface area contributed by atoms with Crippen molar-refractivity contribution in [3.05, 3.63) is 40.7 Å². The van der Waals surface area contributed by atoms with Gasteiger partial charge in [-0.3, -0.25) is 5.10 Å². The molecule has 0 atom stereocenters. The molecule has 5 heteroatoms. The van der Waals surface area contributed by atoms with Crippen LogP contribution in [0.1, 0.15) is 27.3 Å². The molecule has 0 saturated heterocycles. The standard InChI is InChI=1S/C14H13N3O2/c1-8-13(9(2)17-16-8)12-6-10(14(18)19-3)4-5-11(12)7-15/h4-6H,1-3H3,(H,16,17). The quantitative estimate of drug-likeness (QED) is 0.835. The molecule has 0 amide bonds. The van der Waals surface area contributed by atoms with Crippen LogP contribution in [0.3, 0.4) is 0 Å². The van der Waals surface area contributed by atoms with Gasteiger partial charge in [0.1, 0.15) is 0 Å². The molecular formula is C14H13N3O2.